The van der Waals surface area contributed by atoms with E-state index in [9.17, 15) is 4.79 Å². The molecule has 0 saturated carbocycles. The Morgan fingerprint density at radius 2 is 2.25 bits per heavy atom. The molecule has 0 amide bonds. The zero-order valence-corrected chi connectivity index (χ0v) is 10.5. The number of hydrogen-bond donors (Lipinski definition) is 0. The first-order valence-electron chi connectivity index (χ1n) is 5.55. The number of halogens is 1. The van der Waals surface area contributed by atoms with Crippen LogP contribution in [0.15, 0.2) is 21.4 Å². The third-order valence-corrected chi connectivity index (χ3v) is 2.65. The summed E-state index contributed by atoms with van der Waals surface area (Å²) in [6.07, 6.45) is 6.57. The molecule has 1 aromatic rings. The Labute approximate surface area is 101 Å². The fourth-order valence-corrected chi connectivity index (χ4v) is 1.59. The summed E-state index contributed by atoms with van der Waals surface area (Å²) in [6, 6.07) is 1.90. The molecule has 1 rings (SSSR count). The van der Waals surface area contributed by atoms with Gasteiger partial charge < -0.3 is 4.42 Å². The van der Waals surface area contributed by atoms with Crippen LogP contribution < -0.4 is 5.63 Å². The normalized spacial score (nSPS) is 11.2. The monoisotopic (exact) mass is 240 g/mol. The number of aryl methyl sites for hydroxylation is 2. The lowest BCUT2D eigenvalue weighted by Crippen LogP contribution is -2.05. The summed E-state index contributed by atoms with van der Waals surface area (Å²) in [6.45, 7) is 3.82. The highest BCUT2D eigenvalue weighted by Gasteiger charge is 2.04. The molecule has 16 heavy (non-hydrogen) atoms. The lowest BCUT2D eigenvalue weighted by atomic mass is 10.1. The molecular weight excluding hydrogens is 224 g/mol. The van der Waals surface area contributed by atoms with Crippen molar-refractivity contribution in [3.8, 4) is 0 Å². The van der Waals surface area contributed by atoms with E-state index < -0.39 is 0 Å². The van der Waals surface area contributed by atoms with Crippen molar-refractivity contribution in [3.05, 3.63) is 39.4 Å². The molecule has 0 aliphatic rings. The first-order chi connectivity index (χ1) is 7.69. The minimum Gasteiger partial charge on any atom is -0.423 e. The van der Waals surface area contributed by atoms with Gasteiger partial charge in [0.05, 0.1) is 0 Å². The molecule has 0 unspecified atom stereocenters. The summed E-state index contributed by atoms with van der Waals surface area (Å²) < 4.78 is 5.23. The van der Waals surface area contributed by atoms with Crippen LogP contribution in [0.4, 0.5) is 0 Å². The highest BCUT2D eigenvalue weighted by molar-refractivity contribution is 6.17. The Hall–Kier alpha value is -1.02. The molecule has 0 radical (unpaired) electrons. The Balaban J connectivity index is 2.90. The number of alkyl halides is 1. The molecule has 3 heteroatoms. The van der Waals surface area contributed by atoms with Crippen LogP contribution in [0.25, 0.3) is 6.08 Å². The van der Waals surface area contributed by atoms with Gasteiger partial charge in [0.15, 0.2) is 0 Å². The molecule has 0 aliphatic heterocycles. The largest absolute Gasteiger partial charge is 0.423 e. The average molecular weight is 241 g/mol. The van der Waals surface area contributed by atoms with Gasteiger partial charge in [-0.3, -0.25) is 0 Å². The summed E-state index contributed by atoms with van der Waals surface area (Å²) in [5.74, 6) is 1.33. The van der Waals surface area contributed by atoms with Crippen LogP contribution in [0.5, 0.6) is 0 Å². The van der Waals surface area contributed by atoms with Crippen molar-refractivity contribution in [1.29, 1.82) is 0 Å². The van der Waals surface area contributed by atoms with Crippen molar-refractivity contribution in [2.75, 3.05) is 5.88 Å². The zero-order valence-electron chi connectivity index (χ0n) is 9.75. The van der Waals surface area contributed by atoms with Gasteiger partial charge in [0.25, 0.3) is 0 Å². The number of hydrogen-bond acceptors (Lipinski definition) is 2. The molecule has 1 aromatic heterocycles. The predicted octanol–water partition coefficient (Wildman–Crippen LogP) is 3.54. The lowest BCUT2D eigenvalue weighted by Gasteiger charge is -2.02. The van der Waals surface area contributed by atoms with Crippen molar-refractivity contribution in [2.45, 2.75) is 33.1 Å². The lowest BCUT2D eigenvalue weighted by molar-refractivity contribution is 0.489. The molecule has 0 saturated heterocycles. The number of unbranched alkanes of at least 4 members (excludes halogenated alkanes) is 1. The van der Waals surface area contributed by atoms with Gasteiger partial charge in [-0.2, -0.15) is 0 Å². The second-order valence-corrected chi connectivity index (χ2v) is 4.07. The molecule has 0 bridgehead atoms. The van der Waals surface area contributed by atoms with E-state index in [1.54, 1.807) is 6.92 Å². The van der Waals surface area contributed by atoms with Crippen molar-refractivity contribution in [2.24, 2.45) is 0 Å². The average Bonchev–Trinajstić information content (AvgIpc) is 2.28. The summed E-state index contributed by atoms with van der Waals surface area (Å²) in [5, 5.41) is 0. The molecule has 0 atom stereocenters. The molecule has 1 heterocycles. The minimum absolute atomic E-state index is 0.255. The molecule has 88 valence electrons. The predicted molar refractivity (Wildman–Crippen MR) is 68.1 cm³/mol. The topological polar surface area (TPSA) is 30.2 Å². The van der Waals surface area contributed by atoms with Gasteiger partial charge >= 0.3 is 5.63 Å². The second kappa shape index (κ2) is 6.54. The summed E-state index contributed by atoms with van der Waals surface area (Å²) in [5.41, 5.74) is 1.48. The second-order valence-electron chi connectivity index (χ2n) is 3.69. The fourth-order valence-electron chi connectivity index (χ4n) is 1.44. The van der Waals surface area contributed by atoms with E-state index >= 15 is 0 Å². The molecule has 0 spiro atoms. The third-order valence-electron chi connectivity index (χ3n) is 2.39. The van der Waals surface area contributed by atoms with Crippen LogP contribution in [0.3, 0.4) is 0 Å². The quantitative estimate of drug-likeness (QED) is 0.582. The Morgan fingerprint density at radius 1 is 1.50 bits per heavy atom. The van der Waals surface area contributed by atoms with Gasteiger partial charge in [0.2, 0.25) is 0 Å². The van der Waals surface area contributed by atoms with Gasteiger partial charge in [-0.25, -0.2) is 4.79 Å². The van der Waals surface area contributed by atoms with E-state index in [2.05, 4.69) is 0 Å². The van der Waals surface area contributed by atoms with Gasteiger partial charge in [-0.1, -0.05) is 13.0 Å². The van der Waals surface area contributed by atoms with Crippen molar-refractivity contribution in [1.82, 2.24) is 0 Å². The maximum absolute atomic E-state index is 11.4. The van der Waals surface area contributed by atoms with Crippen LogP contribution in [-0.2, 0) is 6.42 Å². The van der Waals surface area contributed by atoms with E-state index in [1.807, 2.05) is 25.1 Å². The first kappa shape index (κ1) is 13.0. The van der Waals surface area contributed by atoms with Crippen molar-refractivity contribution in [3.63, 3.8) is 0 Å². The molecule has 0 fully saturated rings. The third kappa shape index (κ3) is 3.53. The summed E-state index contributed by atoms with van der Waals surface area (Å²) >= 11 is 5.58. The minimum atomic E-state index is -0.255. The Bertz CT molecular complexity index is 418. The van der Waals surface area contributed by atoms with E-state index in [1.165, 1.54) is 0 Å². The van der Waals surface area contributed by atoms with E-state index in [0.29, 0.717) is 17.2 Å². The maximum Gasteiger partial charge on any atom is 0.339 e. The van der Waals surface area contributed by atoms with Gasteiger partial charge in [0, 0.05) is 11.4 Å². The smallest absolute Gasteiger partial charge is 0.339 e. The fraction of sp³-hybridized carbons (Fsp3) is 0.462. The van der Waals surface area contributed by atoms with Crippen LogP contribution in [0.1, 0.15) is 36.7 Å². The Morgan fingerprint density at radius 3 is 2.88 bits per heavy atom. The first-order valence-corrected chi connectivity index (χ1v) is 6.08. The number of rotatable bonds is 5. The van der Waals surface area contributed by atoms with Gasteiger partial charge in [0.1, 0.15) is 5.76 Å². The van der Waals surface area contributed by atoms with E-state index in [4.69, 9.17) is 16.0 Å². The molecule has 0 N–H and O–H groups in total. The van der Waals surface area contributed by atoms with Gasteiger partial charge in [-0.15, -0.1) is 11.6 Å². The molecule has 0 aliphatic carbocycles. The maximum atomic E-state index is 11.4. The van der Waals surface area contributed by atoms with Crippen molar-refractivity contribution >= 4 is 17.7 Å². The summed E-state index contributed by atoms with van der Waals surface area (Å²) in [4.78, 5) is 11.4. The number of allylic oxidation sites excluding steroid dienone is 1. The van der Waals surface area contributed by atoms with Crippen LogP contribution in [0.2, 0.25) is 0 Å². The van der Waals surface area contributed by atoms with Crippen LogP contribution in [-0.4, -0.2) is 5.88 Å². The molecule has 2 nitrogen and oxygen atoms in total. The highest BCUT2D eigenvalue weighted by atomic mass is 35.5. The molecular formula is C13H17ClO2. The standard InChI is InChI=1S/C13H17ClO2/c1-3-11-9-10(2)13(15)16-12(11)7-5-4-6-8-14/h5,7,9H,3-4,6,8H2,1-2H3/b7-5-. The van der Waals surface area contributed by atoms with E-state index in [0.717, 1.165) is 24.8 Å². The highest BCUT2D eigenvalue weighted by Crippen LogP contribution is 2.12. The zero-order chi connectivity index (χ0) is 12.0. The van der Waals surface area contributed by atoms with E-state index in [-0.39, 0.29) is 5.63 Å². The Kier molecular flexibility index (Phi) is 5.33. The van der Waals surface area contributed by atoms with Crippen molar-refractivity contribution < 1.29 is 4.42 Å². The SMILES string of the molecule is CCc1cc(C)c(=O)oc1/C=C\CCCCl. The molecule has 0 aromatic carbocycles. The van der Waals surface area contributed by atoms with Crippen LogP contribution >= 0.6 is 11.6 Å². The van der Waals surface area contributed by atoms with Gasteiger partial charge in [-0.05, 0) is 43.9 Å². The van der Waals surface area contributed by atoms with Crippen LogP contribution in [0, 0.1) is 6.92 Å². The summed E-state index contributed by atoms with van der Waals surface area (Å²) in [7, 11) is 0.